The Morgan fingerprint density at radius 3 is 0.639 bits per heavy atom. The third-order valence-corrected chi connectivity index (χ3v) is 11.6. The predicted octanol–water partition coefficient (Wildman–Crippen LogP) is 16.5. The van der Waals surface area contributed by atoms with Crippen molar-refractivity contribution in [1.29, 1.82) is 0 Å². The summed E-state index contributed by atoms with van der Waals surface area (Å²) < 4.78 is 0. The summed E-state index contributed by atoms with van der Waals surface area (Å²) in [5, 5.41) is 0. The number of benzene rings is 9. The predicted molar refractivity (Wildman–Crippen MR) is 260 cm³/mol. The minimum atomic E-state index is 0.865. The first-order valence-electron chi connectivity index (χ1n) is 21.2. The van der Waals surface area contributed by atoms with Gasteiger partial charge in [0.2, 0.25) is 0 Å². The quantitative estimate of drug-likeness (QED) is 0.129. The molecule has 9 rings (SSSR count). The molecule has 0 heterocycles. The first-order chi connectivity index (χ1) is 29.8. The fourth-order valence-corrected chi connectivity index (χ4v) is 8.00. The molecule has 61 heavy (non-hydrogen) atoms. The molecule has 0 aliphatic rings. The lowest BCUT2D eigenvalue weighted by atomic mass is 9.99. The number of rotatable bonds is 11. The minimum absolute atomic E-state index is 0.865. The van der Waals surface area contributed by atoms with Crippen LogP contribution >= 0.6 is 0 Å². The topological polar surface area (TPSA) is 6.48 Å². The summed E-state index contributed by atoms with van der Waals surface area (Å²) in [5.74, 6) is 0. The molecule has 0 spiro atoms. The first kappa shape index (κ1) is 39.1. The lowest BCUT2D eigenvalue weighted by Crippen LogP contribution is -2.10. The van der Waals surface area contributed by atoms with Crippen LogP contribution in [-0.2, 0) is 6.42 Å². The molecule has 296 valence electrons. The van der Waals surface area contributed by atoms with Crippen molar-refractivity contribution in [3.8, 4) is 33.4 Å². The summed E-state index contributed by atoms with van der Waals surface area (Å²) in [6.07, 6.45) is 0.865. The van der Waals surface area contributed by atoms with Crippen LogP contribution in [0.5, 0.6) is 0 Å². The molecule has 0 unspecified atom stereocenters. The summed E-state index contributed by atoms with van der Waals surface area (Å²) >= 11 is 0. The van der Waals surface area contributed by atoms with Gasteiger partial charge in [-0.3, -0.25) is 0 Å². The number of hydrogen-bond donors (Lipinski definition) is 0. The summed E-state index contributed by atoms with van der Waals surface area (Å²) in [7, 11) is 0. The first-order valence-corrected chi connectivity index (χ1v) is 21.2. The van der Waals surface area contributed by atoms with Crippen LogP contribution in [-0.4, -0.2) is 0 Å². The van der Waals surface area contributed by atoms with Crippen LogP contribution in [0.4, 0.5) is 34.1 Å². The van der Waals surface area contributed by atoms with Crippen LogP contribution in [0, 0.1) is 27.7 Å². The third-order valence-electron chi connectivity index (χ3n) is 11.6. The highest BCUT2D eigenvalue weighted by atomic mass is 15.1. The zero-order valence-electron chi connectivity index (χ0n) is 35.4. The molecule has 0 amide bonds. The second kappa shape index (κ2) is 17.4. The van der Waals surface area contributed by atoms with Gasteiger partial charge in [-0.15, -0.1) is 0 Å². The minimum Gasteiger partial charge on any atom is -0.311 e. The van der Waals surface area contributed by atoms with Crippen molar-refractivity contribution in [3.63, 3.8) is 0 Å². The Labute approximate surface area is 361 Å². The van der Waals surface area contributed by atoms with Gasteiger partial charge in [-0.25, -0.2) is 0 Å². The highest BCUT2D eigenvalue weighted by Gasteiger charge is 2.15. The lowest BCUT2D eigenvalue weighted by Gasteiger charge is -2.26. The molecule has 9 aromatic rings. The van der Waals surface area contributed by atoms with E-state index < -0.39 is 0 Å². The molecular weight excluding hydrogens is 737 g/mol. The fourth-order valence-electron chi connectivity index (χ4n) is 8.00. The highest BCUT2D eigenvalue weighted by molar-refractivity contribution is 5.81. The molecule has 0 aliphatic heterocycles. The van der Waals surface area contributed by atoms with Gasteiger partial charge in [0, 0.05) is 34.1 Å². The molecule has 2 heteroatoms. The molecule has 0 saturated heterocycles. The lowest BCUT2D eigenvalue weighted by molar-refractivity contribution is 1.18. The van der Waals surface area contributed by atoms with Crippen molar-refractivity contribution < 1.29 is 0 Å². The zero-order chi connectivity index (χ0) is 41.7. The molecule has 0 atom stereocenters. The van der Waals surface area contributed by atoms with E-state index in [1.165, 1.54) is 66.8 Å². The van der Waals surface area contributed by atoms with E-state index in [1.807, 2.05) is 0 Å². The molecule has 0 radical (unpaired) electrons. The van der Waals surface area contributed by atoms with Gasteiger partial charge in [0.1, 0.15) is 0 Å². The molecule has 0 N–H and O–H groups in total. The molecule has 0 aliphatic carbocycles. The van der Waals surface area contributed by atoms with Gasteiger partial charge in [0.15, 0.2) is 0 Å². The van der Waals surface area contributed by atoms with Crippen molar-refractivity contribution in [2.45, 2.75) is 34.1 Å². The Balaban J connectivity index is 0.913. The van der Waals surface area contributed by atoms with Crippen molar-refractivity contribution >= 4 is 34.1 Å². The Morgan fingerprint density at radius 2 is 0.377 bits per heavy atom. The van der Waals surface area contributed by atoms with E-state index in [0.717, 1.165) is 40.5 Å². The standard InChI is InChI=1S/C59H50N2/c1-42-5-17-48(18-6-42)51-23-35-57(36-24-51)60(54-29-9-44(3)10-30-54)56-33-15-47(16-34-56)41-46-13-21-50(22-14-46)53-27-39-59(40-28-53)61(55-31-11-45(4)12-32-55)58-37-25-52(26-38-58)49-19-7-43(2)8-20-49/h5-40H,41H2,1-4H3. The SMILES string of the molecule is Cc1ccc(-c2ccc(N(c3ccc(C)cc3)c3ccc(Cc4ccc(-c5ccc(N(c6ccc(C)cc6)c6ccc(-c7ccc(C)cc7)cc6)cc5)cc4)cc3)cc2)cc1. The molecule has 0 saturated carbocycles. The van der Waals surface area contributed by atoms with Crippen molar-refractivity contribution in [3.05, 3.63) is 252 Å². The van der Waals surface area contributed by atoms with Gasteiger partial charge in [-0.2, -0.15) is 0 Å². The van der Waals surface area contributed by atoms with E-state index in [2.05, 4.69) is 256 Å². The third kappa shape index (κ3) is 8.95. The summed E-state index contributed by atoms with van der Waals surface area (Å²) in [4.78, 5) is 4.67. The Morgan fingerprint density at radius 1 is 0.213 bits per heavy atom. The summed E-state index contributed by atoms with van der Waals surface area (Å²) in [5.41, 5.74) is 21.7. The van der Waals surface area contributed by atoms with Crippen molar-refractivity contribution in [2.75, 3.05) is 9.80 Å². The number of aryl methyl sites for hydroxylation is 4. The van der Waals surface area contributed by atoms with Gasteiger partial charge in [0.05, 0.1) is 0 Å². The monoisotopic (exact) mass is 786 g/mol. The average molecular weight is 787 g/mol. The highest BCUT2D eigenvalue weighted by Crippen LogP contribution is 2.38. The van der Waals surface area contributed by atoms with E-state index >= 15 is 0 Å². The van der Waals surface area contributed by atoms with Gasteiger partial charge < -0.3 is 9.80 Å². The number of nitrogens with zero attached hydrogens (tertiary/aromatic N) is 2. The van der Waals surface area contributed by atoms with Crippen LogP contribution in [0.3, 0.4) is 0 Å². The normalized spacial score (nSPS) is 11.0. The van der Waals surface area contributed by atoms with E-state index in [9.17, 15) is 0 Å². The average Bonchev–Trinajstić information content (AvgIpc) is 3.30. The molecule has 2 nitrogen and oxygen atoms in total. The molecular formula is C59H50N2. The summed E-state index contributed by atoms with van der Waals surface area (Å²) in [6, 6.07) is 79.8. The number of hydrogen-bond acceptors (Lipinski definition) is 2. The Bertz CT molecular complexity index is 2820. The molecule has 0 aromatic heterocycles. The van der Waals surface area contributed by atoms with Crippen LogP contribution in [0.15, 0.2) is 218 Å². The molecule has 0 bridgehead atoms. The zero-order valence-corrected chi connectivity index (χ0v) is 35.4. The number of anilines is 6. The van der Waals surface area contributed by atoms with Crippen molar-refractivity contribution in [1.82, 2.24) is 0 Å². The van der Waals surface area contributed by atoms with E-state index in [0.29, 0.717) is 0 Å². The molecule has 0 fully saturated rings. The summed E-state index contributed by atoms with van der Waals surface area (Å²) in [6.45, 7) is 8.52. The van der Waals surface area contributed by atoms with Gasteiger partial charge in [-0.05, 0) is 151 Å². The Hall–Kier alpha value is -7.42. The maximum absolute atomic E-state index is 2.34. The second-order valence-corrected chi connectivity index (χ2v) is 16.3. The van der Waals surface area contributed by atoms with Crippen LogP contribution in [0.2, 0.25) is 0 Å². The van der Waals surface area contributed by atoms with Gasteiger partial charge >= 0.3 is 0 Å². The van der Waals surface area contributed by atoms with Crippen molar-refractivity contribution in [2.24, 2.45) is 0 Å². The van der Waals surface area contributed by atoms with Gasteiger partial charge in [-0.1, -0.05) is 168 Å². The van der Waals surface area contributed by atoms with Crippen LogP contribution in [0.25, 0.3) is 33.4 Å². The van der Waals surface area contributed by atoms with Crippen LogP contribution in [0.1, 0.15) is 33.4 Å². The smallest absolute Gasteiger partial charge is 0.0462 e. The van der Waals surface area contributed by atoms with E-state index in [4.69, 9.17) is 0 Å². The van der Waals surface area contributed by atoms with Gasteiger partial charge in [0.25, 0.3) is 0 Å². The largest absolute Gasteiger partial charge is 0.311 e. The maximum Gasteiger partial charge on any atom is 0.0462 e. The fraction of sp³-hybridized carbons (Fsp3) is 0.0847. The second-order valence-electron chi connectivity index (χ2n) is 16.3. The maximum atomic E-state index is 2.34. The van der Waals surface area contributed by atoms with E-state index in [1.54, 1.807) is 0 Å². The van der Waals surface area contributed by atoms with Crippen LogP contribution < -0.4 is 9.80 Å². The Kier molecular flexibility index (Phi) is 11.2. The van der Waals surface area contributed by atoms with E-state index in [-0.39, 0.29) is 0 Å². The molecule has 9 aromatic carbocycles.